The van der Waals surface area contributed by atoms with E-state index in [1.54, 1.807) is 18.2 Å². The summed E-state index contributed by atoms with van der Waals surface area (Å²) in [6.45, 7) is 0.209. The smallest absolute Gasteiger partial charge is 0.404 e. The fraction of sp³-hybridized carbons (Fsp3) is 0.143. The van der Waals surface area contributed by atoms with Gasteiger partial charge in [-0.3, -0.25) is 5.10 Å². The first-order valence-electron chi connectivity index (χ1n) is 9.65. The van der Waals surface area contributed by atoms with Crippen molar-refractivity contribution in [1.29, 1.82) is 0 Å². The number of hydrogen-bond acceptors (Lipinski definition) is 7. The fourth-order valence-electron chi connectivity index (χ4n) is 3.18. The maximum absolute atomic E-state index is 10.7. The van der Waals surface area contributed by atoms with Gasteiger partial charge in [-0.15, -0.1) is 0 Å². The monoisotopic (exact) mass is 506 g/mol. The molecule has 12 heteroatoms. The molecule has 0 unspecified atom stereocenters. The molecule has 4 rings (SSSR count). The highest BCUT2D eigenvalue weighted by Crippen LogP contribution is 2.29. The summed E-state index contributed by atoms with van der Waals surface area (Å²) < 4.78 is 10.5. The van der Waals surface area contributed by atoms with Crippen molar-refractivity contribution in [1.82, 2.24) is 20.2 Å². The third-order valence-corrected chi connectivity index (χ3v) is 5.14. The Hall–Kier alpha value is -3.27. The molecule has 4 aromatic rings. The standard InChI is InChI=1S/C21H17Cl3N6O3/c22-13-2-4-16(32-5-6-33-21(25)31)12(9-13)7-11-1-3-15-14(8-11)19(30-29-15)27-18-10-17(23)26-20(24)28-18/h1-4,8-10H,5-7H2,(H2,25,31)(H2,26,27,28,29,30). The van der Waals surface area contributed by atoms with E-state index < -0.39 is 6.09 Å². The number of H-pyrrole nitrogens is 1. The van der Waals surface area contributed by atoms with Crippen LogP contribution in [0.5, 0.6) is 5.75 Å². The number of fused-ring (bicyclic) bond motifs is 1. The Kier molecular flexibility index (Phi) is 7.02. The number of amides is 1. The summed E-state index contributed by atoms with van der Waals surface area (Å²) in [7, 11) is 0. The van der Waals surface area contributed by atoms with E-state index in [9.17, 15) is 4.79 Å². The summed E-state index contributed by atoms with van der Waals surface area (Å²) in [6, 6.07) is 12.8. The van der Waals surface area contributed by atoms with E-state index in [1.165, 1.54) is 0 Å². The number of benzene rings is 2. The lowest BCUT2D eigenvalue weighted by Gasteiger charge is -2.12. The minimum atomic E-state index is -0.848. The van der Waals surface area contributed by atoms with Crippen molar-refractivity contribution in [3.8, 4) is 5.75 Å². The van der Waals surface area contributed by atoms with E-state index in [1.807, 2.05) is 24.3 Å². The molecular weight excluding hydrogens is 491 g/mol. The SMILES string of the molecule is NC(=O)OCCOc1ccc(Cl)cc1Cc1ccc2[nH]nc(Nc3cc(Cl)nc(Cl)n3)c2c1. The van der Waals surface area contributed by atoms with Gasteiger partial charge in [0.15, 0.2) is 5.82 Å². The van der Waals surface area contributed by atoms with Crippen LogP contribution in [0.25, 0.3) is 10.9 Å². The van der Waals surface area contributed by atoms with Crippen molar-refractivity contribution >= 4 is 63.4 Å². The minimum absolute atomic E-state index is 0.0280. The number of halogens is 3. The highest BCUT2D eigenvalue weighted by molar-refractivity contribution is 6.32. The summed E-state index contributed by atoms with van der Waals surface area (Å²) in [5, 5.41) is 12.1. The van der Waals surface area contributed by atoms with Crippen molar-refractivity contribution in [3.05, 3.63) is 69.1 Å². The zero-order valence-corrected chi connectivity index (χ0v) is 19.2. The van der Waals surface area contributed by atoms with Crippen LogP contribution in [0.3, 0.4) is 0 Å². The van der Waals surface area contributed by atoms with Gasteiger partial charge in [0.1, 0.15) is 29.9 Å². The van der Waals surface area contributed by atoms with E-state index >= 15 is 0 Å². The average molecular weight is 508 g/mol. The first kappa shape index (κ1) is 22.9. The Balaban J connectivity index is 1.56. The lowest BCUT2D eigenvalue weighted by Crippen LogP contribution is -2.17. The van der Waals surface area contributed by atoms with E-state index in [2.05, 4.69) is 25.5 Å². The molecule has 0 spiro atoms. The summed E-state index contributed by atoms with van der Waals surface area (Å²) in [5.41, 5.74) is 7.66. The van der Waals surface area contributed by atoms with Crippen molar-refractivity contribution in [2.24, 2.45) is 5.73 Å². The van der Waals surface area contributed by atoms with Crippen LogP contribution in [0.2, 0.25) is 15.5 Å². The zero-order chi connectivity index (χ0) is 23.4. The highest BCUT2D eigenvalue weighted by Gasteiger charge is 2.12. The second kappa shape index (κ2) is 10.1. The number of nitrogens with two attached hydrogens (primary N) is 1. The molecule has 0 bridgehead atoms. The molecule has 1 amide bonds. The van der Waals surface area contributed by atoms with Crippen LogP contribution >= 0.6 is 34.8 Å². The van der Waals surface area contributed by atoms with E-state index in [0.717, 1.165) is 22.0 Å². The molecule has 0 aliphatic carbocycles. The molecule has 2 aromatic heterocycles. The zero-order valence-electron chi connectivity index (χ0n) is 16.9. The van der Waals surface area contributed by atoms with Gasteiger partial charge in [0, 0.05) is 22.9 Å². The molecule has 33 heavy (non-hydrogen) atoms. The first-order valence-corrected chi connectivity index (χ1v) is 10.8. The second-order valence-corrected chi connectivity index (χ2v) is 8.03. The molecule has 0 fully saturated rings. The number of carbonyl (C=O) groups is 1. The number of anilines is 2. The van der Waals surface area contributed by atoms with Crippen molar-refractivity contribution < 1.29 is 14.3 Å². The van der Waals surface area contributed by atoms with Crippen molar-refractivity contribution in [2.75, 3.05) is 18.5 Å². The lowest BCUT2D eigenvalue weighted by atomic mass is 10.0. The Labute approximate surface area is 203 Å². The third kappa shape index (κ3) is 5.95. The van der Waals surface area contributed by atoms with Crippen LogP contribution in [0, 0.1) is 0 Å². The first-order chi connectivity index (χ1) is 15.9. The number of carbonyl (C=O) groups excluding carboxylic acids is 1. The molecular formula is C21H17Cl3N6O3. The number of nitrogens with zero attached hydrogens (tertiary/aromatic N) is 3. The highest BCUT2D eigenvalue weighted by atomic mass is 35.5. The minimum Gasteiger partial charge on any atom is -0.490 e. The summed E-state index contributed by atoms with van der Waals surface area (Å²) in [6.07, 6.45) is -0.308. The number of hydrogen-bond donors (Lipinski definition) is 3. The lowest BCUT2D eigenvalue weighted by molar-refractivity contribution is 0.133. The van der Waals surface area contributed by atoms with Gasteiger partial charge in [-0.25, -0.2) is 14.8 Å². The Morgan fingerprint density at radius 2 is 1.91 bits per heavy atom. The molecule has 2 aromatic carbocycles. The number of nitrogens with one attached hydrogen (secondary N) is 2. The molecule has 170 valence electrons. The van der Waals surface area contributed by atoms with Crippen LogP contribution in [0.15, 0.2) is 42.5 Å². The molecule has 4 N–H and O–H groups in total. The van der Waals surface area contributed by atoms with Crippen molar-refractivity contribution in [2.45, 2.75) is 6.42 Å². The van der Waals surface area contributed by atoms with Gasteiger partial charge >= 0.3 is 6.09 Å². The average Bonchev–Trinajstić information content (AvgIpc) is 3.13. The van der Waals surface area contributed by atoms with Crippen LogP contribution in [-0.2, 0) is 11.2 Å². The normalized spacial score (nSPS) is 10.9. The summed E-state index contributed by atoms with van der Waals surface area (Å²) in [4.78, 5) is 18.7. The summed E-state index contributed by atoms with van der Waals surface area (Å²) >= 11 is 18.0. The van der Waals surface area contributed by atoms with Crippen LogP contribution in [-0.4, -0.2) is 39.5 Å². The van der Waals surface area contributed by atoms with Gasteiger partial charge in [-0.2, -0.15) is 5.10 Å². The number of rotatable bonds is 8. The largest absolute Gasteiger partial charge is 0.490 e. The number of aromatic nitrogens is 4. The van der Waals surface area contributed by atoms with Crippen LogP contribution < -0.4 is 15.8 Å². The second-order valence-electron chi connectivity index (χ2n) is 6.87. The topological polar surface area (TPSA) is 128 Å². The molecule has 9 nitrogen and oxygen atoms in total. The van der Waals surface area contributed by atoms with Crippen LogP contribution in [0.1, 0.15) is 11.1 Å². The molecule has 0 atom stereocenters. The Bertz CT molecular complexity index is 1290. The van der Waals surface area contributed by atoms with Gasteiger partial charge in [0.2, 0.25) is 5.28 Å². The van der Waals surface area contributed by atoms with Crippen LogP contribution in [0.4, 0.5) is 16.4 Å². The van der Waals surface area contributed by atoms with Gasteiger partial charge in [-0.1, -0.05) is 29.3 Å². The van der Waals surface area contributed by atoms with Gasteiger partial charge in [-0.05, 0) is 53.1 Å². The van der Waals surface area contributed by atoms with Gasteiger partial charge < -0.3 is 20.5 Å². The Morgan fingerprint density at radius 3 is 2.70 bits per heavy atom. The predicted molar refractivity (Wildman–Crippen MR) is 127 cm³/mol. The van der Waals surface area contributed by atoms with E-state index in [0.29, 0.717) is 28.8 Å². The molecule has 2 heterocycles. The molecule has 0 saturated heterocycles. The van der Waals surface area contributed by atoms with E-state index in [4.69, 9.17) is 50.0 Å². The molecule has 0 saturated carbocycles. The third-order valence-electron chi connectivity index (χ3n) is 4.54. The molecule has 0 radical (unpaired) electrons. The molecule has 0 aliphatic rings. The van der Waals surface area contributed by atoms with Crippen molar-refractivity contribution in [3.63, 3.8) is 0 Å². The quantitative estimate of drug-likeness (QED) is 0.171. The maximum atomic E-state index is 10.7. The maximum Gasteiger partial charge on any atom is 0.404 e. The number of ether oxygens (including phenoxy) is 2. The molecule has 0 aliphatic heterocycles. The number of primary amides is 1. The Morgan fingerprint density at radius 1 is 1.06 bits per heavy atom. The van der Waals surface area contributed by atoms with E-state index in [-0.39, 0.29) is 23.7 Å². The van der Waals surface area contributed by atoms with Gasteiger partial charge in [0.25, 0.3) is 0 Å². The fourth-order valence-corrected chi connectivity index (χ4v) is 3.79. The summed E-state index contributed by atoms with van der Waals surface area (Å²) in [5.74, 6) is 1.61. The number of aromatic amines is 1. The predicted octanol–water partition coefficient (Wildman–Crippen LogP) is 5.12. The van der Waals surface area contributed by atoms with Gasteiger partial charge in [0.05, 0.1) is 5.52 Å².